The van der Waals surface area contributed by atoms with Crippen LogP contribution in [0.1, 0.15) is 19.3 Å². The van der Waals surface area contributed by atoms with Crippen molar-refractivity contribution < 1.29 is 18.2 Å². The first kappa shape index (κ1) is 11.6. The Morgan fingerprint density at radius 1 is 1.31 bits per heavy atom. The smallest absolute Gasteiger partial charge is 0.199 e. The van der Waals surface area contributed by atoms with Gasteiger partial charge in [-0.15, -0.1) is 0 Å². The molecular formula is C11H13O4S-. The van der Waals surface area contributed by atoms with Crippen molar-refractivity contribution in [2.45, 2.75) is 30.4 Å². The van der Waals surface area contributed by atoms with E-state index < -0.39 is 11.1 Å². The van der Waals surface area contributed by atoms with Crippen LogP contribution in [0.3, 0.4) is 0 Å². The molecule has 1 aliphatic heterocycles. The number of hydrogen-bond donors (Lipinski definition) is 0. The van der Waals surface area contributed by atoms with Crippen LogP contribution in [-0.2, 0) is 15.8 Å². The molecule has 16 heavy (non-hydrogen) atoms. The van der Waals surface area contributed by atoms with Gasteiger partial charge in [-0.2, -0.15) is 0 Å². The third kappa shape index (κ3) is 3.04. The molecule has 4 nitrogen and oxygen atoms in total. The summed E-state index contributed by atoms with van der Waals surface area (Å²) in [4.78, 5) is 0.261. The van der Waals surface area contributed by atoms with E-state index in [-0.39, 0.29) is 11.2 Å². The molecule has 0 amide bonds. The van der Waals surface area contributed by atoms with Gasteiger partial charge in [0.05, 0.1) is 6.61 Å². The van der Waals surface area contributed by atoms with Crippen molar-refractivity contribution in [3.05, 3.63) is 24.3 Å². The Kier molecular flexibility index (Phi) is 3.93. The maximum absolute atomic E-state index is 10.6. The van der Waals surface area contributed by atoms with Crippen LogP contribution in [0.25, 0.3) is 0 Å². The second-order valence-corrected chi connectivity index (χ2v) is 4.56. The van der Waals surface area contributed by atoms with Gasteiger partial charge in [-0.3, -0.25) is 4.21 Å². The van der Waals surface area contributed by atoms with Crippen LogP contribution in [0.15, 0.2) is 29.2 Å². The van der Waals surface area contributed by atoms with Gasteiger partial charge in [0, 0.05) is 11.3 Å². The van der Waals surface area contributed by atoms with Crippen molar-refractivity contribution in [1.82, 2.24) is 0 Å². The van der Waals surface area contributed by atoms with Gasteiger partial charge >= 0.3 is 0 Å². The molecule has 1 aromatic carbocycles. The summed E-state index contributed by atoms with van der Waals surface area (Å²) in [6, 6.07) is 6.31. The molecule has 5 heteroatoms. The standard InChI is InChI=1S/C11H14O4S/c12-16(13)10-6-4-9(5-7-10)15-11-3-1-2-8-14-11/h4-7,11H,1-3,8H2,(H,12,13)/p-1. The highest BCUT2D eigenvalue weighted by molar-refractivity contribution is 7.79. The molecule has 2 rings (SSSR count). The molecular weight excluding hydrogens is 228 g/mol. The summed E-state index contributed by atoms with van der Waals surface area (Å²) in [6.45, 7) is 0.729. The van der Waals surface area contributed by atoms with Gasteiger partial charge < -0.3 is 14.0 Å². The third-order valence-electron chi connectivity index (χ3n) is 2.42. The molecule has 1 heterocycles. The average Bonchev–Trinajstić information content (AvgIpc) is 2.31. The van der Waals surface area contributed by atoms with Crippen molar-refractivity contribution in [1.29, 1.82) is 0 Å². The van der Waals surface area contributed by atoms with E-state index in [0.29, 0.717) is 5.75 Å². The van der Waals surface area contributed by atoms with Crippen LogP contribution >= 0.6 is 0 Å². The van der Waals surface area contributed by atoms with Gasteiger partial charge in [0.15, 0.2) is 6.29 Å². The number of ether oxygens (including phenoxy) is 2. The fraction of sp³-hybridized carbons (Fsp3) is 0.455. The Hall–Kier alpha value is -0.910. The average molecular weight is 241 g/mol. The molecule has 0 bridgehead atoms. The Labute approximate surface area is 96.9 Å². The van der Waals surface area contributed by atoms with Gasteiger partial charge in [-0.1, -0.05) is 0 Å². The largest absolute Gasteiger partial charge is 0.768 e. The zero-order chi connectivity index (χ0) is 11.4. The third-order valence-corrected chi connectivity index (χ3v) is 3.08. The van der Waals surface area contributed by atoms with Crippen molar-refractivity contribution in [2.24, 2.45) is 0 Å². The van der Waals surface area contributed by atoms with Crippen LogP contribution < -0.4 is 4.74 Å². The Balaban J connectivity index is 1.96. The second kappa shape index (κ2) is 5.43. The van der Waals surface area contributed by atoms with E-state index in [1.54, 1.807) is 12.1 Å². The lowest BCUT2D eigenvalue weighted by Crippen LogP contribution is -2.24. The van der Waals surface area contributed by atoms with Gasteiger partial charge in [-0.05, 0) is 48.2 Å². The van der Waals surface area contributed by atoms with E-state index >= 15 is 0 Å². The summed E-state index contributed by atoms with van der Waals surface area (Å²) in [5.74, 6) is 0.640. The summed E-state index contributed by atoms with van der Waals surface area (Å²) in [7, 11) is 0. The maximum Gasteiger partial charge on any atom is 0.199 e. The molecule has 2 atom stereocenters. The molecule has 1 aromatic rings. The van der Waals surface area contributed by atoms with Crippen LogP contribution in [0, 0.1) is 0 Å². The van der Waals surface area contributed by atoms with Crippen molar-refractivity contribution in [2.75, 3.05) is 6.61 Å². The minimum Gasteiger partial charge on any atom is -0.768 e. The highest BCUT2D eigenvalue weighted by Crippen LogP contribution is 2.20. The fourth-order valence-corrected chi connectivity index (χ4v) is 1.94. The SMILES string of the molecule is O=S([O-])c1ccc(OC2CCCCO2)cc1. The minimum absolute atomic E-state index is 0.197. The van der Waals surface area contributed by atoms with E-state index in [1.807, 2.05) is 0 Å². The zero-order valence-corrected chi connectivity index (χ0v) is 9.57. The van der Waals surface area contributed by atoms with E-state index in [1.165, 1.54) is 12.1 Å². The van der Waals surface area contributed by atoms with Crippen molar-refractivity contribution in [3.8, 4) is 5.75 Å². The summed E-state index contributed by atoms with van der Waals surface area (Å²) < 4.78 is 32.3. The highest BCUT2D eigenvalue weighted by Gasteiger charge is 2.14. The molecule has 1 fully saturated rings. The van der Waals surface area contributed by atoms with Crippen molar-refractivity contribution in [3.63, 3.8) is 0 Å². The van der Waals surface area contributed by atoms with E-state index in [0.717, 1.165) is 25.9 Å². The topological polar surface area (TPSA) is 58.6 Å². The molecule has 88 valence electrons. The summed E-state index contributed by atoms with van der Waals surface area (Å²) in [5.41, 5.74) is 0. The Morgan fingerprint density at radius 2 is 2.06 bits per heavy atom. The predicted octanol–water partition coefficient (Wildman–Crippen LogP) is 1.83. The molecule has 0 N–H and O–H groups in total. The predicted molar refractivity (Wildman–Crippen MR) is 57.8 cm³/mol. The van der Waals surface area contributed by atoms with E-state index in [4.69, 9.17) is 9.47 Å². The Morgan fingerprint density at radius 3 is 2.62 bits per heavy atom. The molecule has 0 spiro atoms. The first-order chi connectivity index (χ1) is 7.75. The molecule has 1 saturated heterocycles. The zero-order valence-electron chi connectivity index (χ0n) is 8.76. The second-order valence-electron chi connectivity index (χ2n) is 3.62. The van der Waals surface area contributed by atoms with Crippen LogP contribution in [-0.4, -0.2) is 21.7 Å². The lowest BCUT2D eigenvalue weighted by Gasteiger charge is -2.23. The van der Waals surface area contributed by atoms with Gasteiger partial charge in [0.25, 0.3) is 0 Å². The lowest BCUT2D eigenvalue weighted by molar-refractivity contribution is -0.105. The lowest BCUT2D eigenvalue weighted by atomic mass is 10.2. The Bertz CT molecular complexity index is 357. The normalized spacial score (nSPS) is 22.7. The van der Waals surface area contributed by atoms with E-state index in [2.05, 4.69) is 0 Å². The highest BCUT2D eigenvalue weighted by atomic mass is 32.2. The monoisotopic (exact) mass is 241 g/mol. The van der Waals surface area contributed by atoms with Crippen LogP contribution in [0.4, 0.5) is 0 Å². The molecule has 0 radical (unpaired) electrons. The van der Waals surface area contributed by atoms with Gasteiger partial charge in [0.2, 0.25) is 0 Å². The van der Waals surface area contributed by atoms with Crippen LogP contribution in [0.5, 0.6) is 5.75 Å². The molecule has 0 aliphatic carbocycles. The number of rotatable bonds is 3. The molecule has 1 aliphatic rings. The van der Waals surface area contributed by atoms with Crippen molar-refractivity contribution >= 4 is 11.1 Å². The fourth-order valence-electron chi connectivity index (χ4n) is 1.59. The summed E-state index contributed by atoms with van der Waals surface area (Å²) >= 11 is -2.18. The number of hydrogen-bond acceptors (Lipinski definition) is 4. The molecule has 0 saturated carbocycles. The molecule has 2 unspecified atom stereocenters. The van der Waals surface area contributed by atoms with Gasteiger partial charge in [-0.25, -0.2) is 0 Å². The first-order valence-electron chi connectivity index (χ1n) is 5.23. The summed E-state index contributed by atoms with van der Waals surface area (Å²) in [5, 5.41) is 0. The first-order valence-corrected chi connectivity index (χ1v) is 6.31. The maximum atomic E-state index is 10.6. The minimum atomic E-state index is -2.18. The number of benzene rings is 1. The summed E-state index contributed by atoms with van der Waals surface area (Å²) in [6.07, 6.45) is 2.87. The molecule has 0 aromatic heterocycles. The quantitative estimate of drug-likeness (QED) is 0.757. The van der Waals surface area contributed by atoms with Gasteiger partial charge in [0.1, 0.15) is 5.75 Å². The van der Waals surface area contributed by atoms with E-state index in [9.17, 15) is 8.76 Å². The van der Waals surface area contributed by atoms with Crippen LogP contribution in [0.2, 0.25) is 0 Å².